The van der Waals surface area contributed by atoms with Crippen molar-refractivity contribution >= 4 is 37.5 Å². The van der Waals surface area contributed by atoms with Crippen LogP contribution < -0.4 is 4.90 Å². The van der Waals surface area contributed by atoms with Crippen molar-refractivity contribution in [3.8, 4) is 0 Å². The molecule has 0 atom stereocenters. The zero-order chi connectivity index (χ0) is 14.8. The molecule has 0 aliphatic carbocycles. The highest BCUT2D eigenvalue weighted by molar-refractivity contribution is 9.10. The quantitative estimate of drug-likeness (QED) is 0.830. The number of rotatable bonds is 4. The summed E-state index contributed by atoms with van der Waals surface area (Å²) in [4.78, 5) is 13.3. The van der Waals surface area contributed by atoms with Crippen LogP contribution in [0.4, 0.5) is 5.69 Å². The Morgan fingerprint density at radius 2 is 1.84 bits per heavy atom. The second kappa shape index (κ2) is 6.02. The van der Waals surface area contributed by atoms with Gasteiger partial charge in [0.05, 0.1) is 0 Å². The summed E-state index contributed by atoms with van der Waals surface area (Å²) in [6.07, 6.45) is 0. The Kier molecular flexibility index (Phi) is 5.11. The highest BCUT2D eigenvalue weighted by Crippen LogP contribution is 2.22. The molecule has 19 heavy (non-hydrogen) atoms. The zero-order valence-corrected chi connectivity index (χ0v) is 13.7. The van der Waals surface area contributed by atoms with Crippen molar-refractivity contribution in [1.29, 1.82) is 0 Å². The Morgan fingerprint density at radius 3 is 2.32 bits per heavy atom. The number of halogens is 1. The number of carbonyl (C=O) groups excluding carboxylic acids is 1. The van der Waals surface area contributed by atoms with Crippen molar-refractivity contribution in [2.24, 2.45) is 0 Å². The fourth-order valence-electron chi connectivity index (χ4n) is 1.36. The lowest BCUT2D eigenvalue weighted by atomic mass is 10.2. The monoisotopic (exact) mass is 348 g/mol. The van der Waals surface area contributed by atoms with Gasteiger partial charge in [-0.05, 0) is 30.7 Å². The molecule has 7 heteroatoms. The molecule has 0 heterocycles. The Morgan fingerprint density at radius 1 is 1.26 bits per heavy atom. The summed E-state index contributed by atoms with van der Waals surface area (Å²) in [5.41, 5.74) is 1.65. The summed E-state index contributed by atoms with van der Waals surface area (Å²) < 4.78 is 25.3. The molecule has 0 spiro atoms. The van der Waals surface area contributed by atoms with Crippen molar-refractivity contribution in [2.75, 3.05) is 31.8 Å². The molecule has 1 rings (SSSR count). The topological polar surface area (TPSA) is 57.7 Å². The van der Waals surface area contributed by atoms with E-state index in [0.29, 0.717) is 5.69 Å². The summed E-state index contributed by atoms with van der Waals surface area (Å²) >= 11 is 3.38. The van der Waals surface area contributed by atoms with Crippen molar-refractivity contribution in [2.45, 2.75) is 6.92 Å². The van der Waals surface area contributed by atoms with E-state index in [2.05, 4.69) is 15.9 Å². The summed E-state index contributed by atoms with van der Waals surface area (Å²) in [6, 6.07) is 5.41. The second-order valence-corrected chi connectivity index (χ2v) is 7.46. The molecular weight excluding hydrogens is 332 g/mol. The molecule has 0 saturated heterocycles. The molecule has 0 N–H and O–H groups in total. The summed E-state index contributed by atoms with van der Waals surface area (Å²) in [5.74, 6) is -0.999. The number of amides is 1. The number of nitrogens with zero attached hydrogens (tertiary/aromatic N) is 2. The van der Waals surface area contributed by atoms with E-state index < -0.39 is 21.7 Å². The predicted octanol–water partition coefficient (Wildman–Crippen LogP) is 1.61. The van der Waals surface area contributed by atoms with Gasteiger partial charge in [-0.2, -0.15) is 0 Å². The van der Waals surface area contributed by atoms with Crippen LogP contribution in [0, 0.1) is 6.92 Å². The van der Waals surface area contributed by atoms with Crippen LogP contribution in [-0.2, 0) is 14.8 Å². The number of anilines is 1. The average Bonchev–Trinajstić information content (AvgIpc) is 2.31. The maximum absolute atomic E-state index is 12.0. The molecule has 0 bridgehead atoms. The third kappa shape index (κ3) is 4.02. The van der Waals surface area contributed by atoms with Gasteiger partial charge in [0.25, 0.3) is 0 Å². The minimum Gasteiger partial charge on any atom is -0.315 e. The summed E-state index contributed by atoms with van der Waals surface area (Å²) in [6.45, 7) is 1.91. The van der Waals surface area contributed by atoms with Crippen LogP contribution in [0.5, 0.6) is 0 Å². The fourth-order valence-corrected chi connectivity index (χ4v) is 2.37. The van der Waals surface area contributed by atoms with Crippen LogP contribution in [0.3, 0.4) is 0 Å². The van der Waals surface area contributed by atoms with E-state index in [9.17, 15) is 13.2 Å². The minimum atomic E-state index is -3.54. The molecule has 1 aromatic rings. The van der Waals surface area contributed by atoms with Crippen LogP contribution in [0.1, 0.15) is 5.56 Å². The van der Waals surface area contributed by atoms with Gasteiger partial charge in [0.15, 0.2) is 0 Å². The second-order valence-electron chi connectivity index (χ2n) is 4.42. The molecule has 5 nitrogen and oxygen atoms in total. The first-order chi connectivity index (χ1) is 8.65. The Balaban J connectivity index is 2.91. The van der Waals surface area contributed by atoms with E-state index >= 15 is 0 Å². The van der Waals surface area contributed by atoms with Crippen LogP contribution in [-0.4, -0.2) is 45.5 Å². The van der Waals surface area contributed by atoms with E-state index in [-0.39, 0.29) is 0 Å². The lowest BCUT2D eigenvalue weighted by Gasteiger charge is -2.19. The average molecular weight is 349 g/mol. The van der Waals surface area contributed by atoms with Crippen molar-refractivity contribution in [1.82, 2.24) is 4.31 Å². The van der Waals surface area contributed by atoms with Crippen molar-refractivity contribution < 1.29 is 13.2 Å². The first kappa shape index (κ1) is 16.1. The minimum absolute atomic E-state index is 0.463. The van der Waals surface area contributed by atoms with Gasteiger partial charge in [0.2, 0.25) is 15.9 Å². The van der Waals surface area contributed by atoms with E-state index in [0.717, 1.165) is 14.3 Å². The molecule has 0 aliphatic heterocycles. The highest BCUT2D eigenvalue weighted by Gasteiger charge is 2.22. The molecule has 0 aromatic heterocycles. The maximum atomic E-state index is 12.0. The van der Waals surface area contributed by atoms with Gasteiger partial charge in [0.1, 0.15) is 5.75 Å². The maximum Gasteiger partial charge on any atom is 0.243 e. The number of sulfonamides is 1. The van der Waals surface area contributed by atoms with Gasteiger partial charge >= 0.3 is 0 Å². The third-order valence-electron chi connectivity index (χ3n) is 2.77. The molecule has 1 aromatic carbocycles. The molecule has 1 amide bonds. The lowest BCUT2D eigenvalue weighted by Crippen LogP contribution is -2.37. The van der Waals surface area contributed by atoms with E-state index in [1.165, 1.54) is 19.0 Å². The predicted molar refractivity (Wildman–Crippen MR) is 79.8 cm³/mol. The number of aryl methyl sites for hydroxylation is 1. The summed E-state index contributed by atoms with van der Waals surface area (Å²) in [5, 5.41) is 0. The Labute approximate surface area is 122 Å². The van der Waals surface area contributed by atoms with Crippen LogP contribution in [0.15, 0.2) is 22.7 Å². The van der Waals surface area contributed by atoms with Crippen LogP contribution in [0.25, 0.3) is 0 Å². The van der Waals surface area contributed by atoms with Crippen molar-refractivity contribution in [3.63, 3.8) is 0 Å². The molecule has 0 unspecified atom stereocenters. The SMILES string of the molecule is Cc1cc(N(C)C(=O)CS(=O)(=O)N(C)C)ccc1Br. The largest absolute Gasteiger partial charge is 0.315 e. The van der Waals surface area contributed by atoms with Gasteiger partial charge in [-0.1, -0.05) is 15.9 Å². The summed E-state index contributed by atoms with van der Waals surface area (Å²) in [7, 11) is 0.848. The van der Waals surface area contributed by atoms with Gasteiger partial charge in [-0.15, -0.1) is 0 Å². The normalized spacial score (nSPS) is 11.7. The standard InChI is InChI=1S/C12H17BrN2O3S/c1-9-7-10(5-6-11(9)13)15(4)12(16)8-19(17,18)14(2)3/h5-7H,8H2,1-4H3. The van der Waals surface area contributed by atoms with Crippen LogP contribution in [0.2, 0.25) is 0 Å². The van der Waals surface area contributed by atoms with Gasteiger partial charge in [-0.25, -0.2) is 12.7 Å². The third-order valence-corrected chi connectivity index (χ3v) is 5.38. The first-order valence-corrected chi connectivity index (χ1v) is 7.98. The molecule has 0 fully saturated rings. The van der Waals surface area contributed by atoms with Gasteiger partial charge in [0, 0.05) is 31.3 Å². The van der Waals surface area contributed by atoms with E-state index in [4.69, 9.17) is 0 Å². The smallest absolute Gasteiger partial charge is 0.243 e. The fraction of sp³-hybridized carbons (Fsp3) is 0.417. The Bertz CT molecular complexity index is 585. The van der Waals surface area contributed by atoms with E-state index in [1.54, 1.807) is 13.1 Å². The van der Waals surface area contributed by atoms with Gasteiger partial charge < -0.3 is 4.90 Å². The molecular formula is C12H17BrN2O3S. The van der Waals surface area contributed by atoms with Gasteiger partial charge in [-0.3, -0.25) is 4.79 Å². The number of hydrogen-bond donors (Lipinski definition) is 0. The van der Waals surface area contributed by atoms with Crippen LogP contribution >= 0.6 is 15.9 Å². The van der Waals surface area contributed by atoms with E-state index in [1.807, 2.05) is 19.1 Å². The first-order valence-electron chi connectivity index (χ1n) is 5.58. The number of hydrogen-bond acceptors (Lipinski definition) is 3. The molecule has 106 valence electrons. The highest BCUT2D eigenvalue weighted by atomic mass is 79.9. The van der Waals surface area contributed by atoms with Crippen molar-refractivity contribution in [3.05, 3.63) is 28.2 Å². The molecule has 0 saturated carbocycles. The number of carbonyl (C=O) groups is 1. The molecule has 0 radical (unpaired) electrons. The molecule has 0 aliphatic rings. The number of benzene rings is 1. The lowest BCUT2D eigenvalue weighted by molar-refractivity contribution is -0.116. The Hall–Kier alpha value is -0.920. The zero-order valence-electron chi connectivity index (χ0n) is 11.3.